The summed E-state index contributed by atoms with van der Waals surface area (Å²) in [7, 11) is 1.44. The molecule has 7 nitrogen and oxygen atoms in total. The molecule has 0 unspecified atom stereocenters. The molecular weight excluding hydrogens is 363 g/mol. The quantitative estimate of drug-likeness (QED) is 0.637. The van der Waals surface area contributed by atoms with Gasteiger partial charge in [0.25, 0.3) is 0 Å². The minimum atomic E-state index is -0.547. The van der Waals surface area contributed by atoms with Crippen LogP contribution < -0.4 is 10.5 Å². The zero-order valence-electron chi connectivity index (χ0n) is 15.6. The van der Waals surface area contributed by atoms with Crippen molar-refractivity contribution in [3.05, 3.63) is 41.6 Å². The second kappa shape index (κ2) is 7.37. The van der Waals surface area contributed by atoms with Crippen LogP contribution in [0.2, 0.25) is 0 Å². The molecule has 2 heterocycles. The van der Waals surface area contributed by atoms with Crippen LogP contribution in [-0.2, 0) is 6.61 Å². The number of ether oxygens (including phenoxy) is 1. The molecule has 0 aliphatic heterocycles. The molecule has 0 amide bonds. The zero-order valence-corrected chi connectivity index (χ0v) is 15.6. The van der Waals surface area contributed by atoms with Gasteiger partial charge < -0.3 is 20.7 Å². The van der Waals surface area contributed by atoms with Gasteiger partial charge in [-0.05, 0) is 49.4 Å². The van der Waals surface area contributed by atoms with Crippen LogP contribution in [0.25, 0.3) is 16.6 Å². The highest BCUT2D eigenvalue weighted by Gasteiger charge is 2.26. The third kappa shape index (κ3) is 3.08. The lowest BCUT2D eigenvalue weighted by molar-refractivity contribution is 0.121. The Morgan fingerprint density at radius 2 is 2.00 bits per heavy atom. The molecule has 1 aliphatic rings. The summed E-state index contributed by atoms with van der Waals surface area (Å²) in [5.74, 6) is 0.253. The van der Waals surface area contributed by atoms with Crippen molar-refractivity contribution >= 4 is 11.3 Å². The topological polar surface area (TPSA) is 106 Å². The molecule has 1 aromatic carbocycles. The second-order valence-corrected chi connectivity index (χ2v) is 7.19. The number of rotatable bonds is 4. The summed E-state index contributed by atoms with van der Waals surface area (Å²) in [6.07, 6.45) is 4.31. The zero-order chi connectivity index (χ0) is 19.8. The molecular formula is C20H23FN4O3. The fourth-order valence-electron chi connectivity index (χ4n) is 4.08. The number of aliphatic hydroxyl groups excluding tert-OH is 2. The molecule has 1 aliphatic carbocycles. The Hall–Kier alpha value is -2.71. The van der Waals surface area contributed by atoms with Crippen molar-refractivity contribution in [2.45, 2.75) is 44.3 Å². The van der Waals surface area contributed by atoms with Crippen LogP contribution in [0.15, 0.2) is 24.5 Å². The van der Waals surface area contributed by atoms with Crippen LogP contribution >= 0.6 is 0 Å². The first kappa shape index (κ1) is 18.6. The average molecular weight is 386 g/mol. The first-order valence-corrected chi connectivity index (χ1v) is 9.31. The molecule has 1 saturated carbocycles. The third-order valence-corrected chi connectivity index (χ3v) is 5.57. The SMILES string of the molecule is COc1cc(-c2cc(C3CCC(O)CC3)n3ncnc(N)c23)cc(F)c1CO. The van der Waals surface area contributed by atoms with E-state index in [9.17, 15) is 14.6 Å². The van der Waals surface area contributed by atoms with Crippen molar-refractivity contribution in [2.75, 3.05) is 12.8 Å². The first-order chi connectivity index (χ1) is 13.5. The van der Waals surface area contributed by atoms with Crippen molar-refractivity contribution in [2.24, 2.45) is 0 Å². The van der Waals surface area contributed by atoms with Gasteiger partial charge in [-0.25, -0.2) is 13.9 Å². The summed E-state index contributed by atoms with van der Waals surface area (Å²) >= 11 is 0. The summed E-state index contributed by atoms with van der Waals surface area (Å²) in [5.41, 5.74) is 9.13. The van der Waals surface area contributed by atoms with Crippen LogP contribution in [0, 0.1) is 5.82 Å². The summed E-state index contributed by atoms with van der Waals surface area (Å²) in [5, 5.41) is 23.6. The highest BCUT2D eigenvalue weighted by molar-refractivity contribution is 5.89. The van der Waals surface area contributed by atoms with E-state index < -0.39 is 12.4 Å². The number of nitrogens with zero attached hydrogens (tertiary/aromatic N) is 3. The number of benzene rings is 1. The predicted molar refractivity (Wildman–Crippen MR) is 102 cm³/mol. The number of halogens is 1. The number of hydrogen-bond donors (Lipinski definition) is 3. The maximum absolute atomic E-state index is 14.6. The highest BCUT2D eigenvalue weighted by Crippen LogP contribution is 2.40. The minimum Gasteiger partial charge on any atom is -0.496 e. The fraction of sp³-hybridized carbons (Fsp3) is 0.400. The van der Waals surface area contributed by atoms with Crippen LogP contribution in [0.1, 0.15) is 42.9 Å². The van der Waals surface area contributed by atoms with Gasteiger partial charge in [0.15, 0.2) is 5.82 Å². The monoisotopic (exact) mass is 386 g/mol. The van der Waals surface area contributed by atoms with Gasteiger partial charge in [-0.2, -0.15) is 5.10 Å². The van der Waals surface area contributed by atoms with Gasteiger partial charge in [-0.1, -0.05) is 0 Å². The van der Waals surface area contributed by atoms with E-state index in [-0.39, 0.29) is 23.3 Å². The lowest BCUT2D eigenvalue weighted by atomic mass is 9.85. The summed E-state index contributed by atoms with van der Waals surface area (Å²) in [6, 6.07) is 5.02. The number of methoxy groups -OCH3 is 1. The largest absolute Gasteiger partial charge is 0.496 e. The molecule has 28 heavy (non-hydrogen) atoms. The normalized spacial score (nSPS) is 19.9. The van der Waals surface area contributed by atoms with E-state index in [0.717, 1.165) is 31.4 Å². The molecule has 0 spiro atoms. The highest BCUT2D eigenvalue weighted by atomic mass is 19.1. The van der Waals surface area contributed by atoms with Crippen LogP contribution in [0.5, 0.6) is 5.75 Å². The first-order valence-electron chi connectivity index (χ1n) is 9.31. The second-order valence-electron chi connectivity index (χ2n) is 7.19. The number of fused-ring (bicyclic) bond motifs is 1. The molecule has 0 atom stereocenters. The van der Waals surface area contributed by atoms with Gasteiger partial charge in [0.1, 0.15) is 23.4 Å². The molecule has 8 heteroatoms. The van der Waals surface area contributed by atoms with Crippen molar-refractivity contribution < 1.29 is 19.3 Å². The minimum absolute atomic E-state index is 0.112. The molecule has 0 radical (unpaired) electrons. The van der Waals surface area contributed by atoms with Crippen molar-refractivity contribution in [1.82, 2.24) is 14.6 Å². The Balaban J connectivity index is 1.90. The van der Waals surface area contributed by atoms with Gasteiger partial charge in [0, 0.05) is 17.2 Å². The Labute approximate surface area is 161 Å². The van der Waals surface area contributed by atoms with E-state index in [1.165, 1.54) is 19.5 Å². The van der Waals surface area contributed by atoms with E-state index >= 15 is 0 Å². The van der Waals surface area contributed by atoms with Crippen LogP contribution in [0.4, 0.5) is 10.2 Å². The van der Waals surface area contributed by atoms with Gasteiger partial charge in [-0.3, -0.25) is 0 Å². The van der Waals surface area contributed by atoms with Crippen molar-refractivity contribution in [3.8, 4) is 16.9 Å². The maximum Gasteiger partial charge on any atom is 0.151 e. The Morgan fingerprint density at radius 1 is 1.25 bits per heavy atom. The molecule has 3 aromatic rings. The van der Waals surface area contributed by atoms with Crippen molar-refractivity contribution in [3.63, 3.8) is 0 Å². The van der Waals surface area contributed by atoms with Crippen LogP contribution in [-0.4, -0.2) is 38.0 Å². The number of aliphatic hydroxyl groups is 2. The van der Waals surface area contributed by atoms with E-state index in [1.807, 2.05) is 6.07 Å². The third-order valence-electron chi connectivity index (χ3n) is 5.57. The predicted octanol–water partition coefficient (Wildman–Crippen LogP) is 2.64. The smallest absolute Gasteiger partial charge is 0.151 e. The summed E-state index contributed by atoms with van der Waals surface area (Å²) in [4.78, 5) is 4.10. The number of nitrogens with two attached hydrogens (primary N) is 1. The molecule has 2 aromatic heterocycles. The van der Waals surface area contributed by atoms with E-state index in [4.69, 9.17) is 10.5 Å². The number of anilines is 1. The molecule has 4 N–H and O–H groups in total. The average Bonchev–Trinajstić information content (AvgIpc) is 3.09. The summed E-state index contributed by atoms with van der Waals surface area (Å²) < 4.78 is 21.6. The summed E-state index contributed by atoms with van der Waals surface area (Å²) in [6.45, 7) is -0.452. The molecule has 4 rings (SSSR count). The lowest BCUT2D eigenvalue weighted by Gasteiger charge is -2.24. The standard InChI is InChI=1S/C20H23FN4O3/c1-28-18-7-12(6-16(21)15(18)9-26)14-8-17(11-2-4-13(27)5-3-11)25-19(14)20(22)23-10-24-25/h6-8,10-11,13,26-27H,2-5,9H2,1H3,(H2,22,23,24). The molecule has 148 valence electrons. The molecule has 0 saturated heterocycles. The van der Waals surface area contributed by atoms with Crippen LogP contribution in [0.3, 0.4) is 0 Å². The van der Waals surface area contributed by atoms with Gasteiger partial charge in [-0.15, -0.1) is 0 Å². The van der Waals surface area contributed by atoms with Gasteiger partial charge in [0.2, 0.25) is 0 Å². The number of aromatic nitrogens is 3. The van der Waals surface area contributed by atoms with Crippen molar-refractivity contribution in [1.29, 1.82) is 0 Å². The molecule has 1 fully saturated rings. The fourth-order valence-corrected chi connectivity index (χ4v) is 4.08. The van der Waals surface area contributed by atoms with E-state index in [2.05, 4.69) is 10.1 Å². The van der Waals surface area contributed by atoms with Gasteiger partial charge in [0.05, 0.1) is 25.4 Å². The number of nitrogen functional groups attached to an aromatic ring is 1. The lowest BCUT2D eigenvalue weighted by Crippen LogP contribution is -2.18. The Kier molecular flexibility index (Phi) is 4.91. The Morgan fingerprint density at radius 3 is 2.68 bits per heavy atom. The van der Waals surface area contributed by atoms with E-state index in [0.29, 0.717) is 22.5 Å². The molecule has 0 bridgehead atoms. The van der Waals surface area contributed by atoms with Gasteiger partial charge >= 0.3 is 0 Å². The van der Waals surface area contributed by atoms with E-state index in [1.54, 1.807) is 10.6 Å². The maximum atomic E-state index is 14.6. The Bertz CT molecular complexity index is 1010. The number of hydrogen-bond acceptors (Lipinski definition) is 6.